The Morgan fingerprint density at radius 3 is 2.66 bits per heavy atom. The topological polar surface area (TPSA) is 116 Å². The van der Waals surface area contributed by atoms with E-state index < -0.39 is 30.3 Å². The van der Waals surface area contributed by atoms with Gasteiger partial charge in [0.05, 0.1) is 17.4 Å². The maximum atomic E-state index is 15.3. The number of ether oxygens (including phenoxy) is 3. The number of amides is 1. The first-order valence-electron chi connectivity index (χ1n) is 14.1. The minimum atomic E-state index is -3.31. The van der Waals surface area contributed by atoms with Crippen LogP contribution in [0.5, 0.6) is 17.2 Å². The van der Waals surface area contributed by atoms with Crippen LogP contribution in [0.15, 0.2) is 67.4 Å². The highest BCUT2D eigenvalue weighted by Crippen LogP contribution is 2.37. The van der Waals surface area contributed by atoms with Gasteiger partial charge in [-0.25, -0.2) is 33.0 Å². The van der Waals surface area contributed by atoms with Gasteiger partial charge in [-0.05, 0) is 69.7 Å². The molecular formula is C31H31F2N7O4. The van der Waals surface area contributed by atoms with Gasteiger partial charge < -0.3 is 24.4 Å². The summed E-state index contributed by atoms with van der Waals surface area (Å²) in [6.45, 7) is 6.25. The molecule has 0 saturated carbocycles. The van der Waals surface area contributed by atoms with Crippen molar-refractivity contribution in [2.75, 3.05) is 18.4 Å². The fourth-order valence-electron chi connectivity index (χ4n) is 4.94. The third kappa shape index (κ3) is 6.17. The first-order chi connectivity index (χ1) is 20.9. The van der Waals surface area contributed by atoms with Crippen LogP contribution >= 0.6 is 0 Å². The van der Waals surface area contributed by atoms with Crippen molar-refractivity contribution >= 4 is 34.1 Å². The molecule has 13 heteroatoms. The van der Waals surface area contributed by atoms with Crippen LogP contribution in [0.2, 0.25) is 0 Å². The number of hydrogen-bond donors (Lipinski definition) is 1. The van der Waals surface area contributed by atoms with Crippen molar-refractivity contribution in [1.29, 1.82) is 0 Å². The summed E-state index contributed by atoms with van der Waals surface area (Å²) in [5.74, 6) is -1.44. The molecule has 1 amide bonds. The molecule has 0 bridgehead atoms. The molecule has 5 aromatic rings. The summed E-state index contributed by atoms with van der Waals surface area (Å²) in [7, 11) is 0. The van der Waals surface area contributed by atoms with Gasteiger partial charge in [-0.15, -0.1) is 0 Å². The zero-order chi connectivity index (χ0) is 31.1. The molecule has 0 spiro atoms. The van der Waals surface area contributed by atoms with Crippen LogP contribution in [0, 0.1) is 6.92 Å². The lowest BCUT2D eigenvalue weighted by Gasteiger charge is -2.38. The fraction of sp³-hybridized carbons (Fsp3) is 0.323. The van der Waals surface area contributed by atoms with Crippen LogP contribution in [0.4, 0.5) is 25.1 Å². The lowest BCUT2D eigenvalue weighted by molar-refractivity contribution is -0.137. The average Bonchev–Trinajstić information content (AvgIpc) is 3.43. The van der Waals surface area contributed by atoms with Gasteiger partial charge in [-0.3, -0.25) is 0 Å². The number of aromatic nitrogens is 5. The zero-order valence-corrected chi connectivity index (χ0v) is 24.6. The standard InChI is InChI=1S/C31H31F2N7O4/c1-19-14-20(8-9-23(19)42-21-10-13-40-26(15-21)35-18-37-40)38-28-27-22(34-17-36-28)6-5-7-24(27)43-25-11-12-39(16-31(25,32)33)29(41)44-30(2,3)4/h5-10,13-15,17-18,25H,11-12,16H2,1-4H3,(H,34,36,38). The number of halogens is 2. The second-order valence-corrected chi connectivity index (χ2v) is 11.6. The van der Waals surface area contributed by atoms with Crippen molar-refractivity contribution in [3.63, 3.8) is 0 Å². The predicted octanol–water partition coefficient (Wildman–Crippen LogP) is 6.54. The molecule has 1 aliphatic rings. The number of likely N-dealkylation sites (tertiary alicyclic amines) is 1. The highest BCUT2D eigenvalue weighted by molar-refractivity contribution is 5.95. The SMILES string of the molecule is Cc1cc(Nc2ncnc3cccc(OC4CCN(C(=O)OC(C)(C)C)CC4(F)F)c23)ccc1Oc1ccn2ncnc2c1. The fourth-order valence-corrected chi connectivity index (χ4v) is 4.94. The Bertz CT molecular complexity index is 1830. The Hall–Kier alpha value is -5.07. The summed E-state index contributed by atoms with van der Waals surface area (Å²) in [6, 6.07) is 14.2. The highest BCUT2D eigenvalue weighted by Gasteiger charge is 2.48. The number of carbonyl (C=O) groups is 1. The zero-order valence-electron chi connectivity index (χ0n) is 24.6. The molecule has 1 aliphatic heterocycles. The number of pyridine rings is 1. The van der Waals surface area contributed by atoms with Gasteiger partial charge >= 0.3 is 12.0 Å². The molecule has 3 aromatic heterocycles. The molecule has 1 saturated heterocycles. The van der Waals surface area contributed by atoms with E-state index in [1.807, 2.05) is 25.1 Å². The van der Waals surface area contributed by atoms with Crippen molar-refractivity contribution in [2.45, 2.75) is 51.7 Å². The van der Waals surface area contributed by atoms with E-state index >= 15 is 8.78 Å². The van der Waals surface area contributed by atoms with Crippen molar-refractivity contribution in [3.05, 3.63) is 72.9 Å². The molecule has 0 radical (unpaired) electrons. The molecule has 1 atom stereocenters. The number of hydrogen-bond acceptors (Lipinski definition) is 9. The van der Waals surface area contributed by atoms with E-state index in [2.05, 4.69) is 25.4 Å². The molecule has 1 unspecified atom stereocenters. The second-order valence-electron chi connectivity index (χ2n) is 11.6. The Morgan fingerprint density at radius 2 is 1.89 bits per heavy atom. The summed E-state index contributed by atoms with van der Waals surface area (Å²) in [5, 5.41) is 7.82. The van der Waals surface area contributed by atoms with Gasteiger partial charge in [0, 0.05) is 30.9 Å². The number of carbonyl (C=O) groups excluding carboxylic acids is 1. The maximum absolute atomic E-state index is 15.3. The number of anilines is 2. The van der Waals surface area contributed by atoms with Crippen molar-refractivity contribution in [2.24, 2.45) is 0 Å². The summed E-state index contributed by atoms with van der Waals surface area (Å²) in [4.78, 5) is 26.3. The Labute approximate surface area is 251 Å². The number of aryl methyl sites for hydroxylation is 1. The molecule has 228 valence electrons. The van der Waals surface area contributed by atoms with Gasteiger partial charge in [-0.2, -0.15) is 5.10 Å². The number of nitrogens with one attached hydrogen (secondary N) is 1. The number of nitrogens with zero attached hydrogens (tertiary/aromatic N) is 6. The summed E-state index contributed by atoms with van der Waals surface area (Å²) >= 11 is 0. The van der Waals surface area contributed by atoms with Gasteiger partial charge in [-0.1, -0.05) is 6.07 Å². The molecule has 6 rings (SSSR count). The molecule has 0 aliphatic carbocycles. The average molecular weight is 604 g/mol. The van der Waals surface area contributed by atoms with E-state index in [1.165, 1.54) is 12.7 Å². The van der Waals surface area contributed by atoms with Crippen LogP contribution in [0.1, 0.15) is 32.8 Å². The monoisotopic (exact) mass is 603 g/mol. The maximum Gasteiger partial charge on any atom is 0.410 e. The molecule has 1 N–H and O–H groups in total. The normalized spacial score (nSPS) is 16.6. The number of piperidine rings is 1. The van der Waals surface area contributed by atoms with Crippen LogP contribution < -0.4 is 14.8 Å². The molecule has 1 fully saturated rings. The van der Waals surface area contributed by atoms with E-state index in [0.717, 1.165) is 10.5 Å². The molecule has 11 nitrogen and oxygen atoms in total. The van der Waals surface area contributed by atoms with Gasteiger partial charge in [0.25, 0.3) is 0 Å². The Morgan fingerprint density at radius 1 is 1.05 bits per heavy atom. The minimum Gasteiger partial charge on any atom is -0.483 e. The van der Waals surface area contributed by atoms with Crippen LogP contribution in [-0.2, 0) is 4.74 Å². The van der Waals surface area contributed by atoms with Gasteiger partial charge in [0.2, 0.25) is 0 Å². The molecular weight excluding hydrogens is 572 g/mol. The molecule has 2 aromatic carbocycles. The van der Waals surface area contributed by atoms with Crippen LogP contribution in [0.25, 0.3) is 16.6 Å². The van der Waals surface area contributed by atoms with E-state index in [1.54, 1.807) is 61.8 Å². The highest BCUT2D eigenvalue weighted by atomic mass is 19.3. The quantitative estimate of drug-likeness (QED) is 0.231. The Balaban J connectivity index is 1.21. The third-order valence-electron chi connectivity index (χ3n) is 7.00. The van der Waals surface area contributed by atoms with Crippen molar-refractivity contribution < 1.29 is 27.8 Å². The van der Waals surface area contributed by atoms with E-state index in [-0.39, 0.29) is 18.7 Å². The Kier molecular flexibility index (Phi) is 7.39. The van der Waals surface area contributed by atoms with Crippen LogP contribution in [-0.4, -0.2) is 66.3 Å². The van der Waals surface area contributed by atoms with E-state index in [4.69, 9.17) is 14.2 Å². The second kappa shape index (κ2) is 11.2. The predicted molar refractivity (Wildman–Crippen MR) is 159 cm³/mol. The number of rotatable bonds is 6. The molecule has 4 heterocycles. The number of benzene rings is 2. The van der Waals surface area contributed by atoms with E-state index in [9.17, 15) is 4.79 Å². The first kappa shape index (κ1) is 29.0. The summed E-state index contributed by atoms with van der Waals surface area (Å²) in [6.07, 6.45) is 2.32. The van der Waals surface area contributed by atoms with Gasteiger partial charge in [0.15, 0.2) is 11.8 Å². The van der Waals surface area contributed by atoms with Gasteiger partial charge in [0.1, 0.15) is 41.3 Å². The van der Waals surface area contributed by atoms with Crippen molar-refractivity contribution in [1.82, 2.24) is 29.5 Å². The lowest BCUT2D eigenvalue weighted by Crippen LogP contribution is -2.56. The summed E-state index contributed by atoms with van der Waals surface area (Å²) < 4.78 is 49.6. The molecule has 44 heavy (non-hydrogen) atoms. The minimum absolute atomic E-state index is 0.0715. The van der Waals surface area contributed by atoms with E-state index in [0.29, 0.717) is 39.6 Å². The third-order valence-corrected chi connectivity index (χ3v) is 7.00. The largest absolute Gasteiger partial charge is 0.483 e. The number of alkyl halides is 2. The summed E-state index contributed by atoms with van der Waals surface area (Å²) in [5.41, 5.74) is 1.95. The van der Waals surface area contributed by atoms with Crippen molar-refractivity contribution in [3.8, 4) is 17.2 Å². The first-order valence-corrected chi connectivity index (χ1v) is 14.1. The number of fused-ring (bicyclic) bond motifs is 2. The lowest BCUT2D eigenvalue weighted by atomic mass is 10.0. The van der Waals surface area contributed by atoms with Crippen LogP contribution in [0.3, 0.4) is 0 Å². The smallest absolute Gasteiger partial charge is 0.410 e.